The lowest BCUT2D eigenvalue weighted by molar-refractivity contribution is -0.00587. The van der Waals surface area contributed by atoms with E-state index in [-0.39, 0.29) is 16.2 Å². The van der Waals surface area contributed by atoms with Crippen LogP contribution in [0.5, 0.6) is 5.75 Å². The number of hydrogen-bond donors (Lipinski definition) is 0. The van der Waals surface area contributed by atoms with Crippen molar-refractivity contribution in [3.8, 4) is 5.75 Å². The van der Waals surface area contributed by atoms with Gasteiger partial charge in [-0.25, -0.2) is 0 Å². The van der Waals surface area contributed by atoms with Crippen LogP contribution >= 0.6 is 0 Å². The second kappa shape index (κ2) is 6.20. The van der Waals surface area contributed by atoms with E-state index < -0.39 is 8.32 Å². The van der Waals surface area contributed by atoms with Gasteiger partial charge >= 0.3 is 0 Å². The Hall–Kier alpha value is -1.09. The third-order valence-electron chi connectivity index (χ3n) is 8.17. The highest BCUT2D eigenvalue weighted by atomic mass is 28.4. The van der Waals surface area contributed by atoms with Crippen LogP contribution in [-0.2, 0) is 5.41 Å². The first kappa shape index (κ1) is 19.2. The summed E-state index contributed by atoms with van der Waals surface area (Å²) in [5.74, 6) is 3.90. The Morgan fingerprint density at radius 2 is 1.56 bits per heavy atom. The summed E-state index contributed by atoms with van der Waals surface area (Å²) >= 11 is 0. The van der Waals surface area contributed by atoms with Gasteiger partial charge in [0.2, 0.25) is 8.32 Å². The highest BCUT2D eigenvalue weighted by Crippen LogP contribution is 2.62. The molecular weight excluding hydrogens is 348 g/mol. The minimum atomic E-state index is -1.92. The van der Waals surface area contributed by atoms with Crippen LogP contribution in [0.15, 0.2) is 18.2 Å². The van der Waals surface area contributed by atoms with E-state index in [1.807, 2.05) is 6.07 Å². The van der Waals surface area contributed by atoms with Gasteiger partial charge in [0.05, 0.1) is 0 Å². The zero-order valence-corrected chi connectivity index (χ0v) is 19.0. The van der Waals surface area contributed by atoms with E-state index in [1.54, 1.807) is 6.92 Å². The average Bonchev–Trinajstić information content (AvgIpc) is 2.52. The number of ketones is 1. The van der Waals surface area contributed by atoms with Gasteiger partial charge in [-0.05, 0) is 111 Å². The normalized spacial score (nSPS) is 32.6. The van der Waals surface area contributed by atoms with E-state index in [0.717, 1.165) is 29.1 Å². The molecule has 27 heavy (non-hydrogen) atoms. The molecule has 0 radical (unpaired) electrons. The van der Waals surface area contributed by atoms with Gasteiger partial charge in [-0.1, -0.05) is 20.8 Å². The number of hydrogen-bond acceptors (Lipinski definition) is 2. The highest BCUT2D eigenvalue weighted by Gasteiger charge is 2.53. The largest absolute Gasteiger partial charge is 0.543 e. The summed E-state index contributed by atoms with van der Waals surface area (Å²) in [4.78, 5) is 12.1. The molecule has 5 rings (SSSR count). The van der Waals surface area contributed by atoms with E-state index in [9.17, 15) is 4.79 Å². The fourth-order valence-electron chi connectivity index (χ4n) is 6.12. The van der Waals surface area contributed by atoms with Gasteiger partial charge in [-0.3, -0.25) is 4.79 Å². The van der Waals surface area contributed by atoms with Gasteiger partial charge in [-0.2, -0.15) is 0 Å². The molecule has 0 heterocycles. The highest BCUT2D eigenvalue weighted by molar-refractivity contribution is 6.74. The molecule has 2 nitrogen and oxygen atoms in total. The van der Waals surface area contributed by atoms with E-state index in [4.69, 9.17) is 4.43 Å². The summed E-state index contributed by atoms with van der Waals surface area (Å²) in [5.41, 5.74) is 2.46. The van der Waals surface area contributed by atoms with Crippen LogP contribution < -0.4 is 4.43 Å². The second-order valence-corrected chi connectivity index (χ2v) is 16.1. The van der Waals surface area contributed by atoms with Crippen LogP contribution in [0.25, 0.3) is 0 Å². The second-order valence-electron chi connectivity index (χ2n) is 11.3. The molecule has 1 aromatic rings. The standard InChI is InChI=1S/C24H36O2Si/c1-16(25)20-7-8-22(26-27(5,6)23(2,3)4)21(12-20)24-13-17-9-18(14-24)11-19(10-17)15-24/h7-8,12,17-19H,9-11,13-15H2,1-6H3. The summed E-state index contributed by atoms with van der Waals surface area (Å²) in [5, 5.41) is 0.172. The maximum absolute atomic E-state index is 12.1. The molecule has 0 unspecified atom stereocenters. The molecular formula is C24H36O2Si. The molecule has 148 valence electrons. The summed E-state index contributed by atoms with van der Waals surface area (Å²) in [6.45, 7) is 13.2. The fourth-order valence-corrected chi connectivity index (χ4v) is 7.15. The van der Waals surface area contributed by atoms with Crippen molar-refractivity contribution < 1.29 is 9.22 Å². The smallest absolute Gasteiger partial charge is 0.250 e. The van der Waals surface area contributed by atoms with Crippen LogP contribution in [0.4, 0.5) is 0 Å². The topological polar surface area (TPSA) is 26.3 Å². The van der Waals surface area contributed by atoms with Gasteiger partial charge in [0.25, 0.3) is 0 Å². The molecule has 3 heteroatoms. The first-order chi connectivity index (χ1) is 12.5. The fraction of sp³-hybridized carbons (Fsp3) is 0.708. The van der Waals surface area contributed by atoms with Crippen molar-refractivity contribution in [2.45, 2.75) is 89.8 Å². The minimum absolute atomic E-state index is 0.167. The molecule has 0 N–H and O–H groups in total. The molecule has 1 aromatic carbocycles. The summed E-state index contributed by atoms with van der Waals surface area (Å²) in [6, 6.07) is 6.30. The predicted octanol–water partition coefficient (Wildman–Crippen LogP) is 6.74. The van der Waals surface area contributed by atoms with Crippen molar-refractivity contribution in [3.63, 3.8) is 0 Å². The Morgan fingerprint density at radius 3 is 2.00 bits per heavy atom. The monoisotopic (exact) mass is 384 g/mol. The first-order valence-electron chi connectivity index (χ1n) is 10.8. The van der Waals surface area contributed by atoms with E-state index in [1.165, 1.54) is 44.1 Å². The van der Waals surface area contributed by atoms with Gasteiger partial charge in [0.15, 0.2) is 5.78 Å². The Labute approximate surface area is 166 Å². The van der Waals surface area contributed by atoms with Gasteiger partial charge in [-0.15, -0.1) is 0 Å². The molecule has 0 atom stereocenters. The maximum atomic E-state index is 12.1. The van der Waals surface area contributed by atoms with Gasteiger partial charge in [0, 0.05) is 5.56 Å². The maximum Gasteiger partial charge on any atom is 0.250 e. The lowest BCUT2D eigenvalue weighted by atomic mass is 9.48. The molecule has 4 aliphatic rings. The van der Waals surface area contributed by atoms with E-state index >= 15 is 0 Å². The van der Waals surface area contributed by atoms with Crippen molar-refractivity contribution in [2.24, 2.45) is 17.8 Å². The summed E-state index contributed by atoms with van der Waals surface area (Å²) < 4.78 is 6.85. The molecule has 4 fully saturated rings. The molecule has 0 amide bonds. The van der Waals surface area contributed by atoms with Crippen molar-refractivity contribution >= 4 is 14.1 Å². The molecule has 0 spiro atoms. The third-order valence-corrected chi connectivity index (χ3v) is 12.5. The third kappa shape index (κ3) is 3.30. The van der Waals surface area contributed by atoms with Gasteiger partial charge < -0.3 is 4.43 Å². The Kier molecular flexibility index (Phi) is 4.42. The van der Waals surface area contributed by atoms with Crippen molar-refractivity contribution in [1.29, 1.82) is 0 Å². The van der Waals surface area contributed by atoms with E-state index in [0.29, 0.717) is 0 Å². The van der Waals surface area contributed by atoms with Crippen LogP contribution in [0.3, 0.4) is 0 Å². The molecule has 0 aromatic heterocycles. The first-order valence-corrected chi connectivity index (χ1v) is 13.7. The zero-order chi connectivity index (χ0) is 19.6. The van der Waals surface area contributed by atoms with E-state index in [2.05, 4.69) is 46.0 Å². The number of benzene rings is 1. The number of rotatable bonds is 4. The van der Waals surface area contributed by atoms with Crippen molar-refractivity contribution in [1.82, 2.24) is 0 Å². The Morgan fingerprint density at radius 1 is 1.04 bits per heavy atom. The minimum Gasteiger partial charge on any atom is -0.543 e. The Bertz CT molecular complexity index is 721. The lowest BCUT2D eigenvalue weighted by Crippen LogP contribution is -2.49. The molecule has 4 saturated carbocycles. The number of carbonyl (C=O) groups excluding carboxylic acids is 1. The van der Waals surface area contributed by atoms with Gasteiger partial charge in [0.1, 0.15) is 5.75 Å². The zero-order valence-electron chi connectivity index (χ0n) is 18.0. The van der Waals surface area contributed by atoms with Crippen molar-refractivity contribution in [2.75, 3.05) is 0 Å². The number of carbonyl (C=O) groups is 1. The lowest BCUT2D eigenvalue weighted by Gasteiger charge is -2.57. The van der Waals surface area contributed by atoms with Crippen LogP contribution in [-0.4, -0.2) is 14.1 Å². The average molecular weight is 385 g/mol. The van der Waals surface area contributed by atoms with Crippen molar-refractivity contribution in [3.05, 3.63) is 29.3 Å². The molecule has 0 aliphatic heterocycles. The van der Waals surface area contributed by atoms with Crippen LogP contribution in [0.2, 0.25) is 18.1 Å². The van der Waals surface area contributed by atoms with Crippen LogP contribution in [0.1, 0.15) is 82.1 Å². The van der Waals surface area contributed by atoms with Crippen LogP contribution in [0, 0.1) is 17.8 Å². The molecule has 0 saturated heterocycles. The SMILES string of the molecule is CC(=O)c1ccc(O[Si](C)(C)C(C)(C)C)c(C23CC4CC(CC(C4)C2)C3)c1. The quantitative estimate of drug-likeness (QED) is 0.424. The summed E-state index contributed by atoms with van der Waals surface area (Å²) in [7, 11) is -1.92. The Balaban J connectivity index is 1.79. The molecule has 4 aliphatic carbocycles. The predicted molar refractivity (Wildman–Crippen MR) is 114 cm³/mol. The molecule has 4 bridgehead atoms. The number of Topliss-reactive ketones (excluding diaryl/α,β-unsaturated/α-hetero) is 1. The summed E-state index contributed by atoms with van der Waals surface area (Å²) in [6.07, 6.45) is 8.20.